The van der Waals surface area contributed by atoms with Crippen LogP contribution in [-0.4, -0.2) is 24.1 Å². The van der Waals surface area contributed by atoms with Gasteiger partial charge in [0.25, 0.3) is 0 Å². The molecule has 1 heterocycles. The lowest BCUT2D eigenvalue weighted by Crippen LogP contribution is -2.37. The Morgan fingerprint density at radius 2 is 1.26 bits per heavy atom. The van der Waals surface area contributed by atoms with Gasteiger partial charge in [0.05, 0.1) is 0 Å². The summed E-state index contributed by atoms with van der Waals surface area (Å²) in [6.45, 7) is 33.0. The minimum absolute atomic E-state index is 0.0768. The van der Waals surface area contributed by atoms with E-state index in [0.717, 1.165) is 90.0 Å². The van der Waals surface area contributed by atoms with Gasteiger partial charge < -0.3 is 14.2 Å². The lowest BCUT2D eigenvalue weighted by Gasteiger charge is -2.38. The number of allylic oxidation sites excluding steroid dienone is 11. The summed E-state index contributed by atoms with van der Waals surface area (Å²) in [6, 6.07) is 0. The molecule has 1 aromatic rings. The van der Waals surface area contributed by atoms with E-state index in [0.29, 0.717) is 13.0 Å². The first kappa shape index (κ1) is 64.5. The molecule has 5 heteroatoms. The molecule has 2 aliphatic rings. The van der Waals surface area contributed by atoms with Crippen molar-refractivity contribution in [3.05, 3.63) is 93.2 Å². The molecule has 72 heavy (non-hydrogen) atoms. The van der Waals surface area contributed by atoms with Crippen LogP contribution < -0.4 is 9.47 Å². The van der Waals surface area contributed by atoms with Crippen LogP contribution >= 0.6 is 0 Å². The first-order valence-corrected chi connectivity index (χ1v) is 29.4. The number of carbonyl (C=O) groups is 2. The van der Waals surface area contributed by atoms with Crippen molar-refractivity contribution in [1.82, 2.24) is 0 Å². The van der Waals surface area contributed by atoms with E-state index in [4.69, 9.17) is 14.2 Å². The number of benzene rings is 1. The maximum Gasteiger partial charge on any atom is 0.308 e. The maximum absolute atomic E-state index is 12.0. The third kappa shape index (κ3) is 26.6. The van der Waals surface area contributed by atoms with E-state index in [1.807, 2.05) is 19.9 Å². The van der Waals surface area contributed by atoms with Crippen molar-refractivity contribution >= 4 is 11.9 Å². The zero-order chi connectivity index (χ0) is 53.5. The van der Waals surface area contributed by atoms with Crippen LogP contribution in [0.5, 0.6) is 11.5 Å². The molecule has 0 saturated heterocycles. The summed E-state index contributed by atoms with van der Waals surface area (Å²) in [5.41, 5.74) is 9.56. The van der Waals surface area contributed by atoms with Crippen LogP contribution in [0.4, 0.5) is 0 Å². The molecule has 0 bridgehead atoms. The highest BCUT2D eigenvalue weighted by Crippen LogP contribution is 2.45. The summed E-state index contributed by atoms with van der Waals surface area (Å²) in [7, 11) is 0. The summed E-state index contributed by atoms with van der Waals surface area (Å²) in [5, 5.41) is 0. The van der Waals surface area contributed by atoms with E-state index in [1.54, 1.807) is 0 Å². The predicted molar refractivity (Wildman–Crippen MR) is 311 cm³/mol. The zero-order valence-corrected chi connectivity index (χ0v) is 49.5. The van der Waals surface area contributed by atoms with Gasteiger partial charge in [0.1, 0.15) is 23.7 Å². The first-order chi connectivity index (χ1) is 34.2. The summed E-state index contributed by atoms with van der Waals surface area (Å²) in [6.07, 6.45) is 49.8. The van der Waals surface area contributed by atoms with Gasteiger partial charge in [-0.15, -0.1) is 0 Å². The fourth-order valence-electron chi connectivity index (χ4n) is 10.5. The molecule has 5 nitrogen and oxygen atoms in total. The van der Waals surface area contributed by atoms with Gasteiger partial charge >= 0.3 is 11.9 Å². The second-order valence-corrected chi connectivity index (χ2v) is 23.8. The van der Waals surface area contributed by atoms with E-state index in [1.165, 1.54) is 151 Å². The Morgan fingerprint density at radius 1 is 0.694 bits per heavy atom. The van der Waals surface area contributed by atoms with E-state index in [9.17, 15) is 9.59 Å². The van der Waals surface area contributed by atoms with Crippen molar-refractivity contribution in [1.29, 1.82) is 0 Å². The van der Waals surface area contributed by atoms with Crippen molar-refractivity contribution in [2.24, 2.45) is 23.2 Å². The SMILES string of the molecule is CC(=O)Oc1c(C)c(C)c2c(c1C)CC[C@@](C)(CCC[C@H](C)CCC[C@H](C)CCCC(C)C)O2.CCCCCCCCCCCCCCCC(=O)OC/C=C(C)/C=C/C=C(C)/C=C/C1=C(C)C=CCC1(C)C. The summed E-state index contributed by atoms with van der Waals surface area (Å²) >= 11 is 0. The van der Waals surface area contributed by atoms with Crippen LogP contribution in [0.2, 0.25) is 0 Å². The smallest absolute Gasteiger partial charge is 0.308 e. The Labute approximate surface area is 444 Å². The maximum atomic E-state index is 12.0. The van der Waals surface area contributed by atoms with Crippen LogP contribution in [0.1, 0.15) is 266 Å². The van der Waals surface area contributed by atoms with E-state index >= 15 is 0 Å². The molecule has 1 aliphatic carbocycles. The van der Waals surface area contributed by atoms with Crippen LogP contribution in [0, 0.1) is 43.9 Å². The Hall–Kier alpha value is -3.60. The van der Waals surface area contributed by atoms with Gasteiger partial charge in [-0.05, 0) is 144 Å². The molecule has 0 radical (unpaired) electrons. The molecule has 0 spiro atoms. The summed E-state index contributed by atoms with van der Waals surface area (Å²) in [4.78, 5) is 23.6. The van der Waals surface area contributed by atoms with Gasteiger partial charge in [-0.2, -0.15) is 0 Å². The molecular weight excluding hydrogens is 885 g/mol. The van der Waals surface area contributed by atoms with Gasteiger partial charge in [0.15, 0.2) is 0 Å². The lowest BCUT2D eigenvalue weighted by atomic mass is 9.75. The average molecular weight is 996 g/mol. The Morgan fingerprint density at radius 3 is 1.83 bits per heavy atom. The third-order valence-electron chi connectivity index (χ3n) is 15.6. The van der Waals surface area contributed by atoms with Crippen molar-refractivity contribution < 1.29 is 23.8 Å². The van der Waals surface area contributed by atoms with E-state index in [-0.39, 0.29) is 23.0 Å². The number of fused-ring (bicyclic) bond motifs is 1. The average Bonchev–Trinajstić information content (AvgIpc) is 3.30. The second kappa shape index (κ2) is 35.6. The van der Waals surface area contributed by atoms with Gasteiger partial charge in [0, 0.05) is 18.9 Å². The van der Waals surface area contributed by atoms with Gasteiger partial charge in [-0.25, -0.2) is 0 Å². The fraction of sp³-hybridized carbons (Fsp3) is 0.701. The number of ether oxygens (including phenoxy) is 3. The van der Waals surface area contributed by atoms with Gasteiger partial charge in [-0.3, -0.25) is 9.59 Å². The Bertz CT molecular complexity index is 1930. The number of hydrogen-bond acceptors (Lipinski definition) is 5. The molecule has 0 N–H and O–H groups in total. The highest BCUT2D eigenvalue weighted by atomic mass is 16.5. The molecule has 0 unspecified atom stereocenters. The Balaban J connectivity index is 0.000000496. The number of unbranched alkanes of at least 4 members (excludes halogenated alkanes) is 12. The van der Waals surface area contributed by atoms with E-state index in [2.05, 4.69) is 126 Å². The van der Waals surface area contributed by atoms with Crippen molar-refractivity contribution in [3.63, 3.8) is 0 Å². The molecule has 1 aliphatic heterocycles. The fourth-order valence-corrected chi connectivity index (χ4v) is 10.5. The number of rotatable bonds is 33. The molecule has 408 valence electrons. The highest BCUT2D eigenvalue weighted by Gasteiger charge is 2.35. The van der Waals surface area contributed by atoms with Crippen LogP contribution in [0.15, 0.2) is 70.9 Å². The molecule has 3 atom stereocenters. The van der Waals surface area contributed by atoms with Crippen molar-refractivity contribution in [2.75, 3.05) is 6.61 Å². The van der Waals surface area contributed by atoms with Gasteiger partial charge in [0.2, 0.25) is 0 Å². The highest BCUT2D eigenvalue weighted by molar-refractivity contribution is 5.72. The molecule has 0 fully saturated rings. The first-order valence-electron chi connectivity index (χ1n) is 29.4. The van der Waals surface area contributed by atoms with Crippen LogP contribution in [0.3, 0.4) is 0 Å². The number of hydrogen-bond donors (Lipinski definition) is 0. The molecule has 3 rings (SSSR count). The van der Waals surface area contributed by atoms with Crippen molar-refractivity contribution in [3.8, 4) is 11.5 Å². The molecule has 0 aromatic heterocycles. The second-order valence-electron chi connectivity index (χ2n) is 23.8. The normalized spacial score (nSPS) is 17.8. The third-order valence-corrected chi connectivity index (χ3v) is 15.6. The zero-order valence-electron chi connectivity index (χ0n) is 49.5. The minimum Gasteiger partial charge on any atom is -0.487 e. The number of carbonyl (C=O) groups excluding carboxylic acids is 2. The monoisotopic (exact) mass is 995 g/mol. The van der Waals surface area contributed by atoms with E-state index < -0.39 is 0 Å². The lowest BCUT2D eigenvalue weighted by molar-refractivity contribution is -0.142. The minimum atomic E-state index is -0.262. The largest absolute Gasteiger partial charge is 0.487 e. The topological polar surface area (TPSA) is 61.8 Å². The van der Waals surface area contributed by atoms with Crippen molar-refractivity contribution in [2.45, 2.75) is 276 Å². The molecule has 1 aromatic carbocycles. The quantitative estimate of drug-likeness (QED) is 0.0304. The summed E-state index contributed by atoms with van der Waals surface area (Å²) in [5.74, 6) is 3.91. The standard InChI is InChI=1S/C36H58O2.C31H52O3/c1-7-8-9-10-11-12-13-14-15-16-17-18-19-25-35(37)38-30-28-32(3)23-20-22-31(2)26-27-34-33(4)24-21-29-36(34,5)6;1-21(2)13-10-14-22(3)15-11-16-23(4)17-12-19-31(9)20-18-28-26(7)29(33-27(8)32)24(5)25(6)30(28)34-31/h20-24,26-28H,7-19,25,29-30H2,1-6H3;21-23H,10-20H2,1-9H3/b23-20+,27-26+,31-22+,32-28+;/t;22-,23-,31-/m.1/s1. The molecule has 0 amide bonds. The molecule has 0 saturated carbocycles. The predicted octanol–water partition coefficient (Wildman–Crippen LogP) is 20.4. The van der Waals surface area contributed by atoms with Crippen LogP contribution in [-0.2, 0) is 20.7 Å². The Kier molecular flexibility index (Phi) is 31.9. The summed E-state index contributed by atoms with van der Waals surface area (Å²) < 4.78 is 17.6. The van der Waals surface area contributed by atoms with Gasteiger partial charge in [-0.1, -0.05) is 224 Å². The van der Waals surface area contributed by atoms with Crippen LogP contribution in [0.25, 0.3) is 0 Å². The molecular formula is C67H110O5. The number of esters is 2.